The number of hydrogen-bond acceptors (Lipinski definition) is 4. The molecule has 11 heteroatoms. The van der Waals surface area contributed by atoms with E-state index in [1.807, 2.05) is 0 Å². The highest BCUT2D eigenvalue weighted by molar-refractivity contribution is 7.80. The fourth-order valence-electron chi connectivity index (χ4n) is 4.53. The lowest BCUT2D eigenvalue weighted by atomic mass is 9.81. The fraction of sp³-hybridized carbons (Fsp3) is 0.385. The second-order valence-electron chi connectivity index (χ2n) is 9.06. The predicted molar refractivity (Wildman–Crippen MR) is 149 cm³/mol. The van der Waals surface area contributed by atoms with E-state index in [1.54, 1.807) is 49.5 Å². The van der Waals surface area contributed by atoms with Crippen LogP contribution in [0.15, 0.2) is 42.5 Å². The van der Waals surface area contributed by atoms with Gasteiger partial charge >= 0.3 is 5.97 Å². The second-order valence-corrected chi connectivity index (χ2v) is 10.3. The minimum absolute atomic E-state index is 0.101. The van der Waals surface area contributed by atoms with Crippen LogP contribution >= 0.6 is 35.4 Å². The van der Waals surface area contributed by atoms with E-state index >= 15 is 0 Å². The molecule has 0 aliphatic heterocycles. The lowest BCUT2D eigenvalue weighted by Crippen LogP contribution is -2.49. The molecule has 0 radical (unpaired) electrons. The molecule has 198 valence electrons. The quantitative estimate of drug-likeness (QED) is 0.271. The SMILES string of the molecule is CNC(=S)NCCC1(C(=O)N[C@@H](Cc2ccc(NC(=O)c3c(Cl)cccc3Cl)cc2)C(=O)O)CCCC1. The highest BCUT2D eigenvalue weighted by Crippen LogP contribution is 2.41. The van der Waals surface area contributed by atoms with E-state index in [1.165, 1.54) is 0 Å². The van der Waals surface area contributed by atoms with Crippen LogP contribution in [0, 0.1) is 5.41 Å². The number of thiocarbonyl (C=S) groups is 1. The van der Waals surface area contributed by atoms with Crippen LogP contribution in [0.2, 0.25) is 10.0 Å². The molecular weight excluding hydrogens is 535 g/mol. The first-order valence-electron chi connectivity index (χ1n) is 12.0. The molecule has 2 amide bonds. The number of carbonyl (C=O) groups is 3. The van der Waals surface area contributed by atoms with Gasteiger partial charge in [0.2, 0.25) is 5.91 Å². The second kappa shape index (κ2) is 13.1. The molecule has 1 fully saturated rings. The first-order valence-corrected chi connectivity index (χ1v) is 13.2. The molecule has 1 atom stereocenters. The minimum atomic E-state index is -1.11. The standard InChI is InChI=1S/C26H30Cl2N4O4S/c1-29-25(37)30-14-13-26(11-2-3-12-26)24(36)32-20(23(34)35)15-16-7-9-17(10-8-16)31-22(33)21-18(27)5-4-6-19(21)28/h4-10,20H,2-3,11-15H2,1H3,(H,31,33)(H,32,36)(H,34,35)(H2,29,30,37)/t20-/m0/s1. The molecule has 1 aliphatic rings. The van der Waals surface area contributed by atoms with Crippen molar-refractivity contribution < 1.29 is 19.5 Å². The van der Waals surface area contributed by atoms with Crippen molar-refractivity contribution >= 4 is 64.0 Å². The maximum atomic E-state index is 13.3. The highest BCUT2D eigenvalue weighted by atomic mass is 35.5. The third kappa shape index (κ3) is 7.56. The van der Waals surface area contributed by atoms with Gasteiger partial charge in [0.25, 0.3) is 5.91 Å². The monoisotopic (exact) mass is 564 g/mol. The number of carbonyl (C=O) groups excluding carboxylic acids is 2. The molecule has 2 aromatic carbocycles. The molecule has 0 heterocycles. The first kappa shape index (κ1) is 28.7. The van der Waals surface area contributed by atoms with Crippen LogP contribution in [-0.4, -0.2) is 47.6 Å². The predicted octanol–water partition coefficient (Wildman–Crippen LogP) is 4.40. The van der Waals surface area contributed by atoms with Crippen LogP contribution in [0.1, 0.15) is 48.0 Å². The number of amides is 2. The topological polar surface area (TPSA) is 120 Å². The molecule has 0 bridgehead atoms. The maximum absolute atomic E-state index is 13.3. The Morgan fingerprint density at radius 1 is 1.05 bits per heavy atom. The van der Waals surface area contributed by atoms with Crippen LogP contribution in [-0.2, 0) is 16.0 Å². The van der Waals surface area contributed by atoms with Gasteiger partial charge in [0.1, 0.15) is 6.04 Å². The molecule has 8 nitrogen and oxygen atoms in total. The molecule has 0 aromatic heterocycles. The summed E-state index contributed by atoms with van der Waals surface area (Å²) in [7, 11) is 1.72. The van der Waals surface area contributed by atoms with E-state index in [0.717, 1.165) is 12.8 Å². The number of hydrogen-bond donors (Lipinski definition) is 5. The molecule has 1 aliphatic carbocycles. The summed E-state index contributed by atoms with van der Waals surface area (Å²) >= 11 is 17.3. The normalized spacial score (nSPS) is 14.9. The van der Waals surface area contributed by atoms with Crippen LogP contribution in [0.25, 0.3) is 0 Å². The van der Waals surface area contributed by atoms with Gasteiger partial charge in [-0.15, -0.1) is 0 Å². The zero-order valence-electron chi connectivity index (χ0n) is 20.4. The summed E-state index contributed by atoms with van der Waals surface area (Å²) in [6.45, 7) is 0.525. The Labute approximate surface area is 231 Å². The van der Waals surface area contributed by atoms with Gasteiger partial charge in [-0.1, -0.05) is 54.2 Å². The zero-order valence-corrected chi connectivity index (χ0v) is 22.7. The lowest BCUT2D eigenvalue weighted by molar-refractivity contribution is -0.144. The van der Waals surface area contributed by atoms with Crippen molar-refractivity contribution in [3.63, 3.8) is 0 Å². The van der Waals surface area contributed by atoms with Crippen molar-refractivity contribution in [2.24, 2.45) is 5.41 Å². The smallest absolute Gasteiger partial charge is 0.326 e. The summed E-state index contributed by atoms with van der Waals surface area (Å²) in [5.41, 5.74) is 0.756. The fourth-order valence-corrected chi connectivity index (χ4v) is 5.20. The molecular formula is C26H30Cl2N4O4S. The number of benzene rings is 2. The van der Waals surface area contributed by atoms with E-state index in [0.29, 0.717) is 42.2 Å². The third-order valence-corrected chi connectivity index (χ3v) is 7.58. The number of carboxylic acid groups (broad SMARTS) is 1. The number of halogens is 2. The molecule has 0 unspecified atom stereocenters. The molecule has 2 aromatic rings. The van der Waals surface area contributed by atoms with Crippen molar-refractivity contribution in [1.29, 1.82) is 0 Å². The van der Waals surface area contributed by atoms with Gasteiger partial charge in [0.15, 0.2) is 5.11 Å². The minimum Gasteiger partial charge on any atom is -0.480 e. The third-order valence-electron chi connectivity index (χ3n) is 6.60. The molecule has 3 rings (SSSR count). The van der Waals surface area contributed by atoms with Crippen molar-refractivity contribution in [2.45, 2.75) is 44.6 Å². The average molecular weight is 566 g/mol. The number of anilines is 1. The number of rotatable bonds is 10. The Morgan fingerprint density at radius 3 is 2.24 bits per heavy atom. The maximum Gasteiger partial charge on any atom is 0.326 e. The summed E-state index contributed by atoms with van der Waals surface area (Å²) in [4.78, 5) is 37.9. The van der Waals surface area contributed by atoms with Crippen LogP contribution in [0.4, 0.5) is 5.69 Å². The Kier molecular flexibility index (Phi) is 10.1. The van der Waals surface area contributed by atoms with Gasteiger partial charge in [-0.05, 0) is 61.3 Å². The Balaban J connectivity index is 1.63. The van der Waals surface area contributed by atoms with E-state index < -0.39 is 23.3 Å². The summed E-state index contributed by atoms with van der Waals surface area (Å²) in [6, 6.07) is 10.5. The van der Waals surface area contributed by atoms with Crippen molar-refractivity contribution in [3.8, 4) is 0 Å². The summed E-state index contributed by atoms with van der Waals surface area (Å²) in [5.74, 6) is -1.80. The van der Waals surface area contributed by atoms with Crippen LogP contribution in [0.3, 0.4) is 0 Å². The van der Waals surface area contributed by atoms with Crippen LogP contribution in [0.5, 0.6) is 0 Å². The van der Waals surface area contributed by atoms with Gasteiger partial charge in [-0.2, -0.15) is 0 Å². The molecule has 37 heavy (non-hydrogen) atoms. The molecule has 0 saturated heterocycles. The van der Waals surface area contributed by atoms with E-state index in [9.17, 15) is 19.5 Å². The highest BCUT2D eigenvalue weighted by Gasteiger charge is 2.42. The lowest BCUT2D eigenvalue weighted by Gasteiger charge is -2.29. The Bertz CT molecular complexity index is 1130. The summed E-state index contributed by atoms with van der Waals surface area (Å²) < 4.78 is 0. The molecule has 5 N–H and O–H groups in total. The van der Waals surface area contributed by atoms with Gasteiger partial charge in [-0.25, -0.2) is 4.79 Å². The zero-order chi connectivity index (χ0) is 27.0. The van der Waals surface area contributed by atoms with Gasteiger partial charge in [0, 0.05) is 25.7 Å². The van der Waals surface area contributed by atoms with Crippen molar-refractivity contribution in [3.05, 3.63) is 63.6 Å². The summed E-state index contributed by atoms with van der Waals surface area (Å²) in [5, 5.41) is 22.2. The average Bonchev–Trinajstić information content (AvgIpc) is 3.34. The molecule has 0 spiro atoms. The first-order chi connectivity index (χ1) is 17.6. The number of aliphatic carboxylic acids is 1. The van der Waals surface area contributed by atoms with E-state index in [2.05, 4.69) is 21.3 Å². The van der Waals surface area contributed by atoms with Crippen molar-refractivity contribution in [2.75, 3.05) is 18.9 Å². The van der Waals surface area contributed by atoms with Crippen molar-refractivity contribution in [1.82, 2.24) is 16.0 Å². The van der Waals surface area contributed by atoms with Gasteiger partial charge < -0.3 is 26.4 Å². The van der Waals surface area contributed by atoms with Gasteiger partial charge in [-0.3, -0.25) is 9.59 Å². The number of nitrogens with one attached hydrogen (secondary N) is 4. The largest absolute Gasteiger partial charge is 0.480 e. The summed E-state index contributed by atoms with van der Waals surface area (Å²) in [6.07, 6.45) is 3.94. The number of carboxylic acids is 1. The Hall–Kier alpha value is -2.88. The Morgan fingerprint density at radius 2 is 1.68 bits per heavy atom. The molecule has 1 saturated carbocycles. The van der Waals surface area contributed by atoms with Crippen LogP contribution < -0.4 is 21.3 Å². The van der Waals surface area contributed by atoms with Gasteiger partial charge in [0.05, 0.1) is 21.0 Å². The van der Waals surface area contributed by atoms with E-state index in [4.69, 9.17) is 35.4 Å². The van der Waals surface area contributed by atoms with E-state index in [-0.39, 0.29) is 27.9 Å².